The van der Waals surface area contributed by atoms with Crippen LogP contribution in [0.5, 0.6) is 0 Å². The number of aromatic nitrogens is 4. The fourth-order valence-corrected chi connectivity index (χ4v) is 0.976. The molecule has 5 heteroatoms. The van der Waals surface area contributed by atoms with Crippen molar-refractivity contribution < 1.29 is 0 Å². The lowest BCUT2D eigenvalue weighted by atomic mass is 10.5. The molecule has 2 aromatic rings. The van der Waals surface area contributed by atoms with Gasteiger partial charge in [-0.15, -0.1) is 0 Å². The Bertz CT molecular complexity index is 403. The second-order valence-electron chi connectivity index (χ2n) is 2.72. The molecule has 0 fully saturated rings. The van der Waals surface area contributed by atoms with Gasteiger partial charge in [0, 0.05) is 6.20 Å². The van der Waals surface area contributed by atoms with Gasteiger partial charge in [-0.05, 0) is 13.0 Å². The van der Waals surface area contributed by atoms with Gasteiger partial charge in [0.05, 0.1) is 23.8 Å². The lowest BCUT2D eigenvalue weighted by Crippen LogP contribution is -2.02. The molecule has 0 spiro atoms. The van der Waals surface area contributed by atoms with Crippen LogP contribution in [0.3, 0.4) is 0 Å². The predicted octanol–water partition coefficient (Wildman–Crippen LogP) is 0.553. The lowest BCUT2D eigenvalue weighted by molar-refractivity contribution is 0.797. The Hall–Kier alpha value is -1.91. The molecule has 13 heavy (non-hydrogen) atoms. The van der Waals surface area contributed by atoms with Crippen molar-refractivity contribution in [3.8, 4) is 5.95 Å². The van der Waals surface area contributed by atoms with Gasteiger partial charge in [0.2, 0.25) is 0 Å². The van der Waals surface area contributed by atoms with Crippen LogP contribution in [0.25, 0.3) is 5.95 Å². The van der Waals surface area contributed by atoms with Crippen molar-refractivity contribution in [1.29, 1.82) is 0 Å². The van der Waals surface area contributed by atoms with E-state index in [2.05, 4.69) is 15.1 Å². The summed E-state index contributed by atoms with van der Waals surface area (Å²) in [5.41, 5.74) is 6.93. The van der Waals surface area contributed by atoms with Crippen LogP contribution in [0.1, 0.15) is 5.69 Å². The molecule has 0 saturated carbocycles. The highest BCUT2D eigenvalue weighted by Gasteiger charge is 1.99. The molecule has 0 aliphatic carbocycles. The first-order valence-corrected chi connectivity index (χ1v) is 3.86. The van der Waals surface area contributed by atoms with E-state index in [1.165, 1.54) is 0 Å². The quantitative estimate of drug-likeness (QED) is 0.687. The summed E-state index contributed by atoms with van der Waals surface area (Å²) in [6.45, 7) is 1.91. The summed E-state index contributed by atoms with van der Waals surface area (Å²) in [6.07, 6.45) is 4.92. The molecule has 0 aliphatic heterocycles. The van der Waals surface area contributed by atoms with Crippen LogP contribution in [0.15, 0.2) is 24.7 Å². The summed E-state index contributed by atoms with van der Waals surface area (Å²) in [5.74, 6) is 0.530. The van der Waals surface area contributed by atoms with E-state index >= 15 is 0 Å². The molecular formula is C8H9N5. The van der Waals surface area contributed by atoms with E-state index in [1.807, 2.05) is 13.0 Å². The molecule has 66 valence electrons. The Morgan fingerprint density at radius 3 is 2.54 bits per heavy atom. The third-order valence-electron chi connectivity index (χ3n) is 1.59. The number of hydrogen-bond acceptors (Lipinski definition) is 4. The Balaban J connectivity index is 2.41. The minimum atomic E-state index is 0.530. The van der Waals surface area contributed by atoms with Crippen molar-refractivity contribution in [2.24, 2.45) is 0 Å². The van der Waals surface area contributed by atoms with Crippen LogP contribution in [0.2, 0.25) is 0 Å². The number of aryl methyl sites for hydroxylation is 1. The van der Waals surface area contributed by atoms with Crippen LogP contribution in [0.4, 0.5) is 5.69 Å². The summed E-state index contributed by atoms with van der Waals surface area (Å²) in [7, 11) is 0. The average molecular weight is 175 g/mol. The summed E-state index contributed by atoms with van der Waals surface area (Å²) in [6, 6.07) is 1.89. The molecule has 2 aromatic heterocycles. The molecular weight excluding hydrogens is 166 g/mol. The predicted molar refractivity (Wildman–Crippen MR) is 48.3 cm³/mol. The van der Waals surface area contributed by atoms with E-state index in [9.17, 15) is 0 Å². The van der Waals surface area contributed by atoms with Crippen molar-refractivity contribution in [1.82, 2.24) is 19.7 Å². The summed E-state index contributed by atoms with van der Waals surface area (Å²) >= 11 is 0. The van der Waals surface area contributed by atoms with Gasteiger partial charge in [-0.2, -0.15) is 5.10 Å². The molecule has 0 atom stereocenters. The SMILES string of the molecule is Cc1ccn(-c2ncc(N)cn2)n1. The molecule has 5 nitrogen and oxygen atoms in total. The van der Waals surface area contributed by atoms with Gasteiger partial charge in [-0.1, -0.05) is 0 Å². The zero-order chi connectivity index (χ0) is 9.26. The van der Waals surface area contributed by atoms with Gasteiger partial charge in [0.1, 0.15) is 0 Å². The number of hydrogen-bond donors (Lipinski definition) is 1. The molecule has 0 radical (unpaired) electrons. The number of nitrogen functional groups attached to an aromatic ring is 1. The number of rotatable bonds is 1. The van der Waals surface area contributed by atoms with Gasteiger partial charge in [-0.25, -0.2) is 14.6 Å². The van der Waals surface area contributed by atoms with Gasteiger partial charge in [0.25, 0.3) is 5.95 Å². The monoisotopic (exact) mass is 175 g/mol. The van der Waals surface area contributed by atoms with Gasteiger partial charge in [0.15, 0.2) is 0 Å². The van der Waals surface area contributed by atoms with E-state index in [1.54, 1.807) is 23.3 Å². The van der Waals surface area contributed by atoms with E-state index in [0.29, 0.717) is 11.6 Å². The average Bonchev–Trinajstić information content (AvgIpc) is 2.53. The highest BCUT2D eigenvalue weighted by atomic mass is 15.3. The number of nitrogens with zero attached hydrogens (tertiary/aromatic N) is 4. The normalized spacial score (nSPS) is 10.2. The summed E-state index contributed by atoms with van der Waals surface area (Å²) < 4.78 is 1.61. The van der Waals surface area contributed by atoms with Crippen molar-refractivity contribution >= 4 is 5.69 Å². The highest BCUT2D eigenvalue weighted by Crippen LogP contribution is 2.02. The van der Waals surface area contributed by atoms with Crippen LogP contribution in [0, 0.1) is 6.92 Å². The maximum Gasteiger partial charge on any atom is 0.250 e. The van der Waals surface area contributed by atoms with Crippen molar-refractivity contribution in [2.45, 2.75) is 6.92 Å². The Morgan fingerprint density at radius 1 is 1.31 bits per heavy atom. The molecule has 2 rings (SSSR count). The molecule has 0 aromatic carbocycles. The maximum absolute atomic E-state index is 5.46. The third kappa shape index (κ3) is 1.48. The van der Waals surface area contributed by atoms with Crippen molar-refractivity contribution in [3.63, 3.8) is 0 Å². The second-order valence-corrected chi connectivity index (χ2v) is 2.72. The first kappa shape index (κ1) is 7.72. The molecule has 0 amide bonds. The van der Waals surface area contributed by atoms with E-state index in [-0.39, 0.29) is 0 Å². The first-order chi connectivity index (χ1) is 6.25. The van der Waals surface area contributed by atoms with Crippen LogP contribution in [-0.4, -0.2) is 19.7 Å². The molecule has 0 saturated heterocycles. The van der Waals surface area contributed by atoms with Crippen molar-refractivity contribution in [3.05, 3.63) is 30.4 Å². The van der Waals surface area contributed by atoms with Crippen LogP contribution < -0.4 is 5.73 Å². The number of nitrogens with two attached hydrogens (primary N) is 1. The molecule has 0 bridgehead atoms. The zero-order valence-electron chi connectivity index (χ0n) is 7.18. The molecule has 0 unspecified atom stereocenters. The smallest absolute Gasteiger partial charge is 0.250 e. The zero-order valence-corrected chi connectivity index (χ0v) is 7.18. The van der Waals surface area contributed by atoms with Crippen LogP contribution >= 0.6 is 0 Å². The van der Waals surface area contributed by atoms with E-state index < -0.39 is 0 Å². The largest absolute Gasteiger partial charge is 0.396 e. The highest BCUT2D eigenvalue weighted by molar-refractivity contribution is 5.32. The van der Waals surface area contributed by atoms with Gasteiger partial charge >= 0.3 is 0 Å². The second kappa shape index (κ2) is 2.85. The fourth-order valence-electron chi connectivity index (χ4n) is 0.976. The van der Waals surface area contributed by atoms with Crippen molar-refractivity contribution in [2.75, 3.05) is 5.73 Å². The molecule has 2 heterocycles. The van der Waals surface area contributed by atoms with Gasteiger partial charge in [-0.3, -0.25) is 0 Å². The van der Waals surface area contributed by atoms with Gasteiger partial charge < -0.3 is 5.73 Å². The lowest BCUT2D eigenvalue weighted by Gasteiger charge is -1.97. The van der Waals surface area contributed by atoms with Crippen LogP contribution in [-0.2, 0) is 0 Å². The summed E-state index contributed by atoms with van der Waals surface area (Å²) in [5, 5.41) is 4.16. The minimum absolute atomic E-state index is 0.530. The molecule has 0 aliphatic rings. The Morgan fingerprint density at radius 2 is 2.00 bits per heavy atom. The minimum Gasteiger partial charge on any atom is -0.396 e. The fraction of sp³-hybridized carbons (Fsp3) is 0.125. The number of anilines is 1. The summed E-state index contributed by atoms with van der Waals surface area (Å²) in [4.78, 5) is 8.05. The topological polar surface area (TPSA) is 69.6 Å². The van der Waals surface area contributed by atoms with E-state index in [0.717, 1.165) is 5.69 Å². The molecule has 2 N–H and O–H groups in total. The standard InChI is InChI=1S/C8H9N5/c1-6-2-3-13(12-6)8-10-4-7(9)5-11-8/h2-5H,9H2,1H3. The maximum atomic E-state index is 5.46. The third-order valence-corrected chi connectivity index (χ3v) is 1.59. The van der Waals surface area contributed by atoms with E-state index in [4.69, 9.17) is 5.73 Å². The Kier molecular flexibility index (Phi) is 1.70. The first-order valence-electron chi connectivity index (χ1n) is 3.86. The Labute approximate surface area is 75.2 Å².